The van der Waals surface area contributed by atoms with E-state index in [1.165, 1.54) is 0 Å². The minimum Gasteiger partial charge on any atom is -0.463 e. The zero-order chi connectivity index (χ0) is 10.1. The Morgan fingerprint density at radius 3 is 2.79 bits per heavy atom. The van der Waals surface area contributed by atoms with Gasteiger partial charge in [0.05, 0.1) is 11.8 Å². The van der Waals surface area contributed by atoms with Gasteiger partial charge in [-0.1, -0.05) is 19.0 Å². The summed E-state index contributed by atoms with van der Waals surface area (Å²) in [5.41, 5.74) is 7.28. The summed E-state index contributed by atoms with van der Waals surface area (Å²) in [4.78, 5) is 0. The van der Waals surface area contributed by atoms with Crippen LogP contribution in [0.5, 0.6) is 0 Å². The van der Waals surface area contributed by atoms with Gasteiger partial charge in [-0.2, -0.15) is 0 Å². The molecule has 4 heteroatoms. The molecule has 0 unspecified atom stereocenters. The molecule has 2 aromatic rings. The lowest BCUT2D eigenvalue weighted by Gasteiger charge is -2.02. The average molecular weight is 192 g/mol. The number of hydrogen-bond donors (Lipinski definition) is 1. The van der Waals surface area contributed by atoms with E-state index in [1.54, 1.807) is 6.26 Å². The summed E-state index contributed by atoms with van der Waals surface area (Å²) in [6, 6.07) is 3.65. The number of rotatable bonds is 2. The van der Waals surface area contributed by atoms with Gasteiger partial charge in [0.25, 0.3) is 0 Å². The lowest BCUT2D eigenvalue weighted by molar-refractivity contribution is 0.435. The molecule has 2 rings (SSSR count). The van der Waals surface area contributed by atoms with Gasteiger partial charge in [-0.15, -0.1) is 0 Å². The van der Waals surface area contributed by atoms with Gasteiger partial charge in [-0.3, -0.25) is 0 Å². The lowest BCUT2D eigenvalue weighted by atomic mass is 10.0. The van der Waals surface area contributed by atoms with Crippen LogP contribution in [0.2, 0.25) is 0 Å². The summed E-state index contributed by atoms with van der Waals surface area (Å²) in [5, 5.41) is 3.89. The first-order valence-corrected chi connectivity index (χ1v) is 4.49. The highest BCUT2D eigenvalue weighted by Gasteiger charge is 2.19. The van der Waals surface area contributed by atoms with Crippen molar-refractivity contribution in [1.29, 1.82) is 0 Å². The first-order valence-electron chi connectivity index (χ1n) is 4.49. The van der Waals surface area contributed by atoms with Crippen molar-refractivity contribution in [3.05, 3.63) is 24.0 Å². The van der Waals surface area contributed by atoms with Gasteiger partial charge in [0.1, 0.15) is 0 Å². The molecular weight excluding hydrogens is 180 g/mol. The van der Waals surface area contributed by atoms with Crippen LogP contribution in [-0.2, 0) is 0 Å². The van der Waals surface area contributed by atoms with Gasteiger partial charge in [-0.25, -0.2) is 0 Å². The van der Waals surface area contributed by atoms with Crippen LogP contribution >= 0.6 is 0 Å². The largest absolute Gasteiger partial charge is 0.463 e. The highest BCUT2D eigenvalue weighted by atomic mass is 16.5. The van der Waals surface area contributed by atoms with Crippen LogP contribution in [-0.4, -0.2) is 5.16 Å². The van der Waals surface area contributed by atoms with Crippen LogP contribution in [0.25, 0.3) is 11.5 Å². The third-order valence-electron chi connectivity index (χ3n) is 2.09. The Balaban J connectivity index is 2.54. The van der Waals surface area contributed by atoms with E-state index in [4.69, 9.17) is 14.7 Å². The fourth-order valence-electron chi connectivity index (χ4n) is 1.46. The number of hydrogen-bond acceptors (Lipinski definition) is 4. The minimum atomic E-state index is 0.265. The molecule has 0 saturated carbocycles. The second-order valence-corrected chi connectivity index (χ2v) is 3.44. The molecule has 2 heterocycles. The molecule has 0 amide bonds. The van der Waals surface area contributed by atoms with E-state index in [0.29, 0.717) is 17.3 Å². The van der Waals surface area contributed by atoms with E-state index in [0.717, 1.165) is 5.56 Å². The number of nitrogens with two attached hydrogens (primary N) is 1. The molecule has 0 aliphatic rings. The van der Waals surface area contributed by atoms with Crippen LogP contribution in [0.15, 0.2) is 27.3 Å². The van der Waals surface area contributed by atoms with Crippen molar-refractivity contribution >= 4 is 5.88 Å². The average Bonchev–Trinajstić information content (AvgIpc) is 2.70. The van der Waals surface area contributed by atoms with Crippen molar-refractivity contribution in [2.45, 2.75) is 19.8 Å². The number of furan rings is 1. The molecule has 0 saturated heterocycles. The number of nitrogen functional groups attached to an aromatic ring is 1. The third-order valence-corrected chi connectivity index (χ3v) is 2.09. The molecule has 0 atom stereocenters. The predicted molar refractivity (Wildman–Crippen MR) is 52.7 cm³/mol. The van der Waals surface area contributed by atoms with E-state index in [-0.39, 0.29) is 5.92 Å². The normalized spacial score (nSPS) is 11.1. The minimum absolute atomic E-state index is 0.265. The Morgan fingerprint density at radius 1 is 1.43 bits per heavy atom. The Bertz CT molecular complexity index is 415. The van der Waals surface area contributed by atoms with Gasteiger partial charge in [0, 0.05) is 0 Å². The van der Waals surface area contributed by atoms with Gasteiger partial charge in [0.15, 0.2) is 11.5 Å². The van der Waals surface area contributed by atoms with E-state index in [1.807, 2.05) is 26.0 Å². The molecule has 0 aromatic carbocycles. The van der Waals surface area contributed by atoms with Gasteiger partial charge in [0.2, 0.25) is 5.88 Å². The van der Waals surface area contributed by atoms with Crippen molar-refractivity contribution in [2.75, 3.05) is 5.73 Å². The SMILES string of the molecule is CC(C)c1c(-c2ccco2)noc1N. The second-order valence-electron chi connectivity index (χ2n) is 3.44. The van der Waals surface area contributed by atoms with E-state index in [2.05, 4.69) is 5.16 Å². The standard InChI is InChI=1S/C10H12N2O2/c1-6(2)8-9(12-14-10(8)11)7-4-3-5-13-7/h3-6H,11H2,1-2H3. The quantitative estimate of drug-likeness (QED) is 0.794. The summed E-state index contributed by atoms with van der Waals surface area (Å²) in [6.07, 6.45) is 1.60. The summed E-state index contributed by atoms with van der Waals surface area (Å²) >= 11 is 0. The van der Waals surface area contributed by atoms with Crippen molar-refractivity contribution in [2.24, 2.45) is 0 Å². The molecule has 14 heavy (non-hydrogen) atoms. The molecule has 0 fully saturated rings. The third kappa shape index (κ3) is 1.28. The molecular formula is C10H12N2O2. The molecule has 74 valence electrons. The first-order chi connectivity index (χ1) is 6.70. The van der Waals surface area contributed by atoms with E-state index in [9.17, 15) is 0 Å². The Kier molecular flexibility index (Phi) is 2.04. The predicted octanol–water partition coefficient (Wildman–Crippen LogP) is 2.64. The summed E-state index contributed by atoms with van der Waals surface area (Å²) in [6.45, 7) is 4.07. The van der Waals surface area contributed by atoms with Gasteiger partial charge < -0.3 is 14.7 Å². The zero-order valence-corrected chi connectivity index (χ0v) is 8.15. The van der Waals surface area contributed by atoms with Crippen molar-refractivity contribution in [3.8, 4) is 11.5 Å². The maximum absolute atomic E-state index is 5.68. The Hall–Kier alpha value is -1.71. The fourth-order valence-corrected chi connectivity index (χ4v) is 1.46. The van der Waals surface area contributed by atoms with Crippen LogP contribution < -0.4 is 5.73 Å². The van der Waals surface area contributed by atoms with E-state index >= 15 is 0 Å². The highest BCUT2D eigenvalue weighted by molar-refractivity contribution is 5.63. The number of nitrogens with zero attached hydrogens (tertiary/aromatic N) is 1. The van der Waals surface area contributed by atoms with Gasteiger partial charge >= 0.3 is 0 Å². The second kappa shape index (κ2) is 3.21. The molecule has 0 spiro atoms. The molecule has 0 aliphatic carbocycles. The Labute approximate surface area is 81.7 Å². The fraction of sp³-hybridized carbons (Fsp3) is 0.300. The van der Waals surface area contributed by atoms with Crippen LogP contribution in [0, 0.1) is 0 Å². The highest BCUT2D eigenvalue weighted by Crippen LogP contribution is 2.32. The Morgan fingerprint density at radius 2 is 2.21 bits per heavy atom. The van der Waals surface area contributed by atoms with Crippen LogP contribution in [0.3, 0.4) is 0 Å². The maximum atomic E-state index is 5.68. The smallest absolute Gasteiger partial charge is 0.226 e. The molecule has 0 aliphatic heterocycles. The monoisotopic (exact) mass is 192 g/mol. The summed E-state index contributed by atoms with van der Waals surface area (Å²) in [7, 11) is 0. The van der Waals surface area contributed by atoms with Crippen molar-refractivity contribution in [1.82, 2.24) is 5.16 Å². The molecule has 4 nitrogen and oxygen atoms in total. The summed E-state index contributed by atoms with van der Waals surface area (Å²) in [5.74, 6) is 1.32. The molecule has 0 bridgehead atoms. The molecule has 0 radical (unpaired) electrons. The zero-order valence-electron chi connectivity index (χ0n) is 8.15. The van der Waals surface area contributed by atoms with Crippen LogP contribution in [0.1, 0.15) is 25.3 Å². The van der Waals surface area contributed by atoms with Crippen LogP contribution in [0.4, 0.5) is 5.88 Å². The van der Waals surface area contributed by atoms with Gasteiger partial charge in [-0.05, 0) is 18.1 Å². The van der Waals surface area contributed by atoms with E-state index < -0.39 is 0 Å². The molecule has 2 aromatic heterocycles. The number of anilines is 1. The van der Waals surface area contributed by atoms with Crippen molar-refractivity contribution in [3.63, 3.8) is 0 Å². The first kappa shape index (κ1) is 8.87. The topological polar surface area (TPSA) is 65.2 Å². The molecule has 2 N–H and O–H groups in total. The maximum Gasteiger partial charge on any atom is 0.226 e. The lowest BCUT2D eigenvalue weighted by Crippen LogP contribution is -1.93. The van der Waals surface area contributed by atoms with Crippen molar-refractivity contribution < 1.29 is 8.94 Å². The number of aromatic nitrogens is 1. The summed E-state index contributed by atoms with van der Waals surface area (Å²) < 4.78 is 10.2.